The van der Waals surface area contributed by atoms with E-state index < -0.39 is 5.97 Å². The maximum atomic E-state index is 13.0. The Kier molecular flexibility index (Phi) is 3.66. The van der Waals surface area contributed by atoms with Crippen LogP contribution < -0.4 is 0 Å². The highest BCUT2D eigenvalue weighted by atomic mass is 19.1. The maximum absolute atomic E-state index is 13.0. The number of aliphatic carboxylic acids is 1. The molecule has 18 heavy (non-hydrogen) atoms. The Bertz CT molecular complexity index is 461. The van der Waals surface area contributed by atoms with Crippen LogP contribution in [0.25, 0.3) is 0 Å². The van der Waals surface area contributed by atoms with Crippen LogP contribution in [0.2, 0.25) is 0 Å². The number of aryl methyl sites for hydroxylation is 1. The predicted molar refractivity (Wildman–Crippen MR) is 66.7 cm³/mol. The number of hydrogen-bond acceptors (Lipinski definition) is 2. The number of likely N-dealkylation sites (tertiary alicyclic amines) is 1. The number of carboxylic acid groups (broad SMARTS) is 1. The molecule has 0 unspecified atom stereocenters. The third-order valence-electron chi connectivity index (χ3n) is 3.70. The van der Waals surface area contributed by atoms with E-state index in [1.807, 2.05) is 13.8 Å². The van der Waals surface area contributed by atoms with Crippen LogP contribution in [-0.4, -0.2) is 29.1 Å². The highest BCUT2D eigenvalue weighted by Gasteiger charge is 2.34. The van der Waals surface area contributed by atoms with Gasteiger partial charge in [-0.3, -0.25) is 9.69 Å². The number of carboxylic acids is 1. The van der Waals surface area contributed by atoms with Gasteiger partial charge in [0.1, 0.15) is 5.82 Å². The largest absolute Gasteiger partial charge is 0.481 e. The molecule has 1 aliphatic rings. The third kappa shape index (κ3) is 2.70. The van der Waals surface area contributed by atoms with Crippen LogP contribution in [-0.2, 0) is 11.3 Å². The monoisotopic (exact) mass is 251 g/mol. The molecule has 98 valence electrons. The second-order valence-corrected chi connectivity index (χ2v) is 5.19. The average Bonchev–Trinajstić information content (AvgIpc) is 2.64. The SMILES string of the molecule is Cc1cc(F)ccc1CN1C[C@@H](C)[C@H](C(=O)O)C1. The van der Waals surface area contributed by atoms with Crippen molar-refractivity contribution in [3.63, 3.8) is 0 Å². The number of benzene rings is 1. The molecule has 2 atom stereocenters. The molecule has 0 radical (unpaired) electrons. The van der Waals surface area contributed by atoms with Crippen LogP contribution >= 0.6 is 0 Å². The van der Waals surface area contributed by atoms with Crippen LogP contribution in [0.4, 0.5) is 4.39 Å². The van der Waals surface area contributed by atoms with E-state index >= 15 is 0 Å². The van der Waals surface area contributed by atoms with Crippen molar-refractivity contribution in [2.45, 2.75) is 20.4 Å². The van der Waals surface area contributed by atoms with Gasteiger partial charge in [0.2, 0.25) is 0 Å². The van der Waals surface area contributed by atoms with Gasteiger partial charge in [-0.2, -0.15) is 0 Å². The molecule has 1 aromatic rings. The second kappa shape index (κ2) is 5.06. The molecule has 4 heteroatoms. The van der Waals surface area contributed by atoms with Gasteiger partial charge in [0.15, 0.2) is 0 Å². The molecule has 1 fully saturated rings. The highest BCUT2D eigenvalue weighted by Crippen LogP contribution is 2.25. The molecule has 2 rings (SSSR count). The van der Waals surface area contributed by atoms with Gasteiger partial charge in [0, 0.05) is 19.6 Å². The smallest absolute Gasteiger partial charge is 0.308 e. The quantitative estimate of drug-likeness (QED) is 0.896. The van der Waals surface area contributed by atoms with Gasteiger partial charge in [-0.1, -0.05) is 13.0 Å². The average molecular weight is 251 g/mol. The molecular weight excluding hydrogens is 233 g/mol. The fourth-order valence-electron chi connectivity index (χ4n) is 2.60. The summed E-state index contributed by atoms with van der Waals surface area (Å²) in [5, 5.41) is 9.08. The molecule has 1 aliphatic heterocycles. The zero-order valence-corrected chi connectivity index (χ0v) is 10.7. The summed E-state index contributed by atoms with van der Waals surface area (Å²) in [4.78, 5) is 13.2. The molecule has 0 amide bonds. The minimum absolute atomic E-state index is 0.170. The number of halogens is 1. The standard InChI is InChI=1S/C14H18FNO2/c1-9-5-12(15)4-3-11(9)7-16-6-10(2)13(8-16)14(17)18/h3-5,10,13H,6-8H2,1-2H3,(H,17,18)/t10-,13-/m1/s1. The van der Waals surface area contributed by atoms with Gasteiger partial charge in [-0.05, 0) is 36.1 Å². The van der Waals surface area contributed by atoms with Gasteiger partial charge >= 0.3 is 5.97 Å². The minimum Gasteiger partial charge on any atom is -0.481 e. The van der Waals surface area contributed by atoms with Crippen molar-refractivity contribution in [1.82, 2.24) is 4.90 Å². The summed E-state index contributed by atoms with van der Waals surface area (Å²) in [5.74, 6) is -1.07. The fraction of sp³-hybridized carbons (Fsp3) is 0.500. The Balaban J connectivity index is 2.05. The van der Waals surface area contributed by atoms with Crippen molar-refractivity contribution in [3.05, 3.63) is 35.1 Å². The summed E-state index contributed by atoms with van der Waals surface area (Å²) >= 11 is 0. The van der Waals surface area contributed by atoms with Gasteiger partial charge in [-0.15, -0.1) is 0 Å². The predicted octanol–water partition coefficient (Wildman–Crippen LogP) is 2.29. The van der Waals surface area contributed by atoms with Crippen molar-refractivity contribution in [3.8, 4) is 0 Å². The Hall–Kier alpha value is -1.42. The van der Waals surface area contributed by atoms with Crippen LogP contribution in [0.5, 0.6) is 0 Å². The molecule has 0 aliphatic carbocycles. The van der Waals surface area contributed by atoms with Gasteiger partial charge in [0.25, 0.3) is 0 Å². The topological polar surface area (TPSA) is 40.5 Å². The molecule has 0 saturated carbocycles. The summed E-state index contributed by atoms with van der Waals surface area (Å²) in [5.41, 5.74) is 1.98. The van der Waals surface area contributed by atoms with Gasteiger partial charge in [0.05, 0.1) is 5.92 Å². The third-order valence-corrected chi connectivity index (χ3v) is 3.70. The lowest BCUT2D eigenvalue weighted by molar-refractivity contribution is -0.142. The Morgan fingerprint density at radius 1 is 1.50 bits per heavy atom. The summed E-state index contributed by atoms with van der Waals surface area (Å²) < 4.78 is 13.0. The molecule has 0 spiro atoms. The Morgan fingerprint density at radius 3 is 2.78 bits per heavy atom. The van der Waals surface area contributed by atoms with E-state index in [1.165, 1.54) is 12.1 Å². The van der Waals surface area contributed by atoms with E-state index in [9.17, 15) is 9.18 Å². The fourth-order valence-corrected chi connectivity index (χ4v) is 2.60. The number of hydrogen-bond donors (Lipinski definition) is 1. The van der Waals surface area contributed by atoms with Gasteiger partial charge < -0.3 is 5.11 Å². The van der Waals surface area contributed by atoms with E-state index in [4.69, 9.17) is 5.11 Å². The normalized spacial score (nSPS) is 24.4. The van der Waals surface area contributed by atoms with E-state index in [2.05, 4.69) is 4.90 Å². The molecule has 3 nitrogen and oxygen atoms in total. The summed E-state index contributed by atoms with van der Waals surface area (Å²) in [6.45, 7) is 5.91. The molecule has 0 bridgehead atoms. The zero-order chi connectivity index (χ0) is 13.3. The van der Waals surface area contributed by atoms with Crippen molar-refractivity contribution < 1.29 is 14.3 Å². The van der Waals surface area contributed by atoms with Crippen LogP contribution in [0, 0.1) is 24.6 Å². The van der Waals surface area contributed by atoms with E-state index in [0.717, 1.165) is 17.7 Å². The number of rotatable bonds is 3. The lowest BCUT2D eigenvalue weighted by atomic mass is 9.99. The first-order valence-electron chi connectivity index (χ1n) is 6.17. The second-order valence-electron chi connectivity index (χ2n) is 5.19. The molecule has 0 aromatic heterocycles. The van der Waals surface area contributed by atoms with Crippen molar-refractivity contribution in [1.29, 1.82) is 0 Å². The first kappa shape index (κ1) is 13.0. The summed E-state index contributed by atoms with van der Waals surface area (Å²) in [7, 11) is 0. The summed E-state index contributed by atoms with van der Waals surface area (Å²) in [6.07, 6.45) is 0. The van der Waals surface area contributed by atoms with Crippen molar-refractivity contribution >= 4 is 5.97 Å². The summed E-state index contributed by atoms with van der Waals surface area (Å²) in [6, 6.07) is 4.75. The minimum atomic E-state index is -0.721. The Morgan fingerprint density at radius 2 is 2.22 bits per heavy atom. The number of carbonyl (C=O) groups is 1. The van der Waals surface area contributed by atoms with Crippen LogP contribution in [0.3, 0.4) is 0 Å². The lowest BCUT2D eigenvalue weighted by Crippen LogP contribution is -2.23. The van der Waals surface area contributed by atoms with E-state index in [0.29, 0.717) is 13.1 Å². The first-order chi connectivity index (χ1) is 8.47. The first-order valence-corrected chi connectivity index (χ1v) is 6.17. The maximum Gasteiger partial charge on any atom is 0.308 e. The molecule has 1 N–H and O–H groups in total. The molecule has 1 saturated heterocycles. The molecular formula is C14H18FNO2. The van der Waals surface area contributed by atoms with Crippen molar-refractivity contribution in [2.75, 3.05) is 13.1 Å². The Labute approximate surface area is 106 Å². The molecule has 1 aromatic carbocycles. The highest BCUT2D eigenvalue weighted by molar-refractivity contribution is 5.71. The van der Waals surface area contributed by atoms with Crippen molar-refractivity contribution in [2.24, 2.45) is 11.8 Å². The van der Waals surface area contributed by atoms with E-state index in [1.54, 1.807) is 6.07 Å². The van der Waals surface area contributed by atoms with Crippen LogP contribution in [0.1, 0.15) is 18.1 Å². The van der Waals surface area contributed by atoms with Gasteiger partial charge in [-0.25, -0.2) is 4.39 Å². The lowest BCUT2D eigenvalue weighted by Gasteiger charge is -2.16. The number of nitrogens with zero attached hydrogens (tertiary/aromatic N) is 1. The van der Waals surface area contributed by atoms with E-state index in [-0.39, 0.29) is 17.7 Å². The van der Waals surface area contributed by atoms with Crippen LogP contribution in [0.15, 0.2) is 18.2 Å². The molecule has 1 heterocycles. The zero-order valence-electron chi connectivity index (χ0n) is 10.7.